The summed E-state index contributed by atoms with van der Waals surface area (Å²) in [6.45, 7) is 4.68. The van der Waals surface area contributed by atoms with E-state index in [4.69, 9.17) is 4.74 Å². The highest BCUT2D eigenvalue weighted by Gasteiger charge is 2.28. The first-order chi connectivity index (χ1) is 13.3. The SMILES string of the molecule is CC[C@@H](C)[C@H](C(=O)OCC(=O)c1ccc(NC(C)=O)cc1F)c1ccccc1. The number of rotatable bonds is 8. The van der Waals surface area contributed by atoms with E-state index in [0.29, 0.717) is 0 Å². The van der Waals surface area contributed by atoms with E-state index in [1.165, 1.54) is 19.1 Å². The van der Waals surface area contributed by atoms with E-state index >= 15 is 0 Å². The number of Topliss-reactive ketones (excluding diaryl/α,β-unsaturated/α-hetero) is 1. The fourth-order valence-corrected chi connectivity index (χ4v) is 2.92. The Balaban J connectivity index is 2.08. The first-order valence-corrected chi connectivity index (χ1v) is 9.15. The van der Waals surface area contributed by atoms with Gasteiger partial charge in [0.25, 0.3) is 0 Å². The Hall–Kier alpha value is -3.02. The van der Waals surface area contributed by atoms with Crippen molar-refractivity contribution in [2.24, 2.45) is 5.92 Å². The van der Waals surface area contributed by atoms with Crippen LogP contribution < -0.4 is 5.32 Å². The Bertz CT molecular complexity index is 851. The quantitative estimate of drug-likeness (QED) is 0.542. The minimum absolute atomic E-state index is 0.0266. The molecule has 1 amide bonds. The third-order valence-corrected chi connectivity index (χ3v) is 4.56. The minimum atomic E-state index is -0.783. The van der Waals surface area contributed by atoms with Gasteiger partial charge in [-0.15, -0.1) is 0 Å². The van der Waals surface area contributed by atoms with Crippen molar-refractivity contribution in [1.82, 2.24) is 0 Å². The Morgan fingerprint density at radius 3 is 2.36 bits per heavy atom. The third kappa shape index (κ3) is 5.49. The average Bonchev–Trinajstić information content (AvgIpc) is 2.66. The van der Waals surface area contributed by atoms with E-state index < -0.39 is 30.1 Å². The van der Waals surface area contributed by atoms with E-state index in [-0.39, 0.29) is 23.1 Å². The molecule has 0 heterocycles. The van der Waals surface area contributed by atoms with E-state index in [1.54, 1.807) is 0 Å². The topological polar surface area (TPSA) is 72.5 Å². The number of esters is 1. The molecule has 1 N–H and O–H groups in total. The van der Waals surface area contributed by atoms with Crippen molar-refractivity contribution in [3.8, 4) is 0 Å². The van der Waals surface area contributed by atoms with Gasteiger partial charge >= 0.3 is 5.97 Å². The number of nitrogens with one attached hydrogen (secondary N) is 1. The lowest BCUT2D eigenvalue weighted by Gasteiger charge is -2.21. The molecule has 6 heteroatoms. The van der Waals surface area contributed by atoms with Crippen LogP contribution in [0, 0.1) is 11.7 Å². The largest absolute Gasteiger partial charge is 0.457 e. The highest BCUT2D eigenvalue weighted by Crippen LogP contribution is 2.28. The number of amides is 1. The Kier molecular flexibility index (Phi) is 7.44. The molecule has 0 saturated heterocycles. The minimum Gasteiger partial charge on any atom is -0.457 e. The van der Waals surface area contributed by atoms with Gasteiger partial charge in [0.05, 0.1) is 11.5 Å². The molecule has 0 saturated carbocycles. The smallest absolute Gasteiger partial charge is 0.314 e. The molecule has 0 aromatic heterocycles. The Morgan fingerprint density at radius 1 is 1.11 bits per heavy atom. The van der Waals surface area contributed by atoms with E-state index in [0.717, 1.165) is 18.1 Å². The summed E-state index contributed by atoms with van der Waals surface area (Å²) in [5.41, 5.74) is 0.876. The first-order valence-electron chi connectivity index (χ1n) is 9.15. The van der Waals surface area contributed by atoms with Crippen LogP contribution in [0.3, 0.4) is 0 Å². The number of ketones is 1. The van der Waals surface area contributed by atoms with Crippen LogP contribution >= 0.6 is 0 Å². The van der Waals surface area contributed by atoms with Crippen molar-refractivity contribution in [2.45, 2.75) is 33.1 Å². The lowest BCUT2D eigenvalue weighted by Crippen LogP contribution is -2.25. The molecule has 0 aliphatic heterocycles. The van der Waals surface area contributed by atoms with Gasteiger partial charge in [-0.1, -0.05) is 50.6 Å². The van der Waals surface area contributed by atoms with E-state index in [2.05, 4.69) is 5.32 Å². The molecule has 0 aliphatic rings. The maximum Gasteiger partial charge on any atom is 0.314 e. The first kappa shape index (κ1) is 21.3. The summed E-state index contributed by atoms with van der Waals surface area (Å²) < 4.78 is 19.4. The van der Waals surface area contributed by atoms with Gasteiger partial charge in [-0.3, -0.25) is 14.4 Å². The van der Waals surface area contributed by atoms with Gasteiger partial charge < -0.3 is 10.1 Å². The molecule has 0 unspecified atom stereocenters. The van der Waals surface area contributed by atoms with Crippen LogP contribution in [0.1, 0.15) is 49.0 Å². The van der Waals surface area contributed by atoms with Gasteiger partial charge in [0.15, 0.2) is 6.61 Å². The second kappa shape index (κ2) is 9.78. The van der Waals surface area contributed by atoms with Crippen LogP contribution in [0.15, 0.2) is 48.5 Å². The predicted molar refractivity (Wildman–Crippen MR) is 105 cm³/mol. The summed E-state index contributed by atoms with van der Waals surface area (Å²) in [6.07, 6.45) is 0.766. The zero-order valence-corrected chi connectivity index (χ0v) is 16.2. The molecule has 0 radical (unpaired) electrons. The zero-order valence-electron chi connectivity index (χ0n) is 16.2. The monoisotopic (exact) mass is 385 g/mol. The highest BCUT2D eigenvalue weighted by molar-refractivity contribution is 5.99. The van der Waals surface area contributed by atoms with Crippen molar-refractivity contribution >= 4 is 23.3 Å². The Labute approximate surface area is 163 Å². The number of hydrogen-bond acceptors (Lipinski definition) is 4. The van der Waals surface area contributed by atoms with Crippen LogP contribution in [0.4, 0.5) is 10.1 Å². The number of halogens is 1. The molecule has 2 rings (SSSR count). The lowest BCUT2D eigenvalue weighted by molar-refractivity contribution is -0.145. The molecule has 0 bridgehead atoms. The lowest BCUT2D eigenvalue weighted by atomic mass is 9.85. The summed E-state index contributed by atoms with van der Waals surface area (Å²) >= 11 is 0. The molecule has 2 atom stereocenters. The molecular weight excluding hydrogens is 361 g/mol. The maximum atomic E-state index is 14.2. The summed E-state index contributed by atoms with van der Waals surface area (Å²) in [7, 11) is 0. The van der Waals surface area contributed by atoms with Crippen LogP contribution in [0.25, 0.3) is 0 Å². The number of hydrogen-bond donors (Lipinski definition) is 1. The highest BCUT2D eigenvalue weighted by atomic mass is 19.1. The fourth-order valence-electron chi connectivity index (χ4n) is 2.92. The summed E-state index contributed by atoms with van der Waals surface area (Å²) in [4.78, 5) is 35.9. The second-order valence-electron chi connectivity index (χ2n) is 6.68. The van der Waals surface area contributed by atoms with Crippen molar-refractivity contribution in [3.63, 3.8) is 0 Å². The number of carbonyl (C=O) groups excluding carboxylic acids is 3. The standard InChI is InChI=1S/C22H24FNO4/c1-4-14(2)21(16-8-6-5-7-9-16)22(27)28-13-20(26)18-11-10-17(12-19(18)23)24-15(3)25/h5-12,14,21H,4,13H2,1-3H3,(H,24,25)/t14-,21+/m1/s1. The van der Waals surface area contributed by atoms with Crippen LogP contribution in [-0.4, -0.2) is 24.3 Å². The van der Waals surface area contributed by atoms with Gasteiger partial charge in [0, 0.05) is 12.6 Å². The molecule has 5 nitrogen and oxygen atoms in total. The molecule has 2 aromatic carbocycles. The summed E-state index contributed by atoms with van der Waals surface area (Å²) in [5, 5.41) is 2.44. The van der Waals surface area contributed by atoms with Crippen molar-refractivity contribution in [3.05, 3.63) is 65.5 Å². The van der Waals surface area contributed by atoms with Crippen LogP contribution in [0.2, 0.25) is 0 Å². The molecule has 0 aliphatic carbocycles. The van der Waals surface area contributed by atoms with Crippen LogP contribution in [-0.2, 0) is 14.3 Å². The van der Waals surface area contributed by atoms with Crippen molar-refractivity contribution in [1.29, 1.82) is 0 Å². The Morgan fingerprint density at radius 2 is 1.79 bits per heavy atom. The van der Waals surface area contributed by atoms with E-state index in [9.17, 15) is 18.8 Å². The van der Waals surface area contributed by atoms with Gasteiger partial charge in [-0.05, 0) is 29.7 Å². The summed E-state index contributed by atoms with van der Waals surface area (Å²) in [5.74, 6) is -2.75. The summed E-state index contributed by atoms with van der Waals surface area (Å²) in [6, 6.07) is 13.0. The molecule has 2 aromatic rings. The molecule has 0 fully saturated rings. The maximum absolute atomic E-state index is 14.2. The molecule has 148 valence electrons. The van der Waals surface area contributed by atoms with Crippen molar-refractivity contribution < 1.29 is 23.5 Å². The second-order valence-corrected chi connectivity index (χ2v) is 6.68. The van der Waals surface area contributed by atoms with Gasteiger partial charge in [-0.25, -0.2) is 4.39 Å². The normalized spacial score (nSPS) is 12.7. The number of ether oxygens (including phenoxy) is 1. The fraction of sp³-hybridized carbons (Fsp3) is 0.318. The van der Waals surface area contributed by atoms with Gasteiger partial charge in [-0.2, -0.15) is 0 Å². The van der Waals surface area contributed by atoms with Crippen LogP contribution in [0.5, 0.6) is 0 Å². The third-order valence-electron chi connectivity index (χ3n) is 4.56. The number of anilines is 1. The van der Waals surface area contributed by atoms with Crippen molar-refractivity contribution in [2.75, 3.05) is 11.9 Å². The number of benzene rings is 2. The number of carbonyl (C=O) groups is 3. The molecule has 28 heavy (non-hydrogen) atoms. The van der Waals surface area contributed by atoms with Gasteiger partial charge in [0.2, 0.25) is 11.7 Å². The molecule has 0 spiro atoms. The zero-order chi connectivity index (χ0) is 20.7. The van der Waals surface area contributed by atoms with E-state index in [1.807, 2.05) is 44.2 Å². The molecular formula is C22H24FNO4. The predicted octanol–water partition coefficient (Wildman–Crippen LogP) is 4.34. The average molecular weight is 385 g/mol. The van der Waals surface area contributed by atoms with Gasteiger partial charge in [0.1, 0.15) is 5.82 Å².